The topological polar surface area (TPSA) is 53.2 Å². The molecule has 4 rings (SSSR count). The minimum atomic E-state index is -0.278. The third-order valence-electron chi connectivity index (χ3n) is 9.35. The maximum absolute atomic E-state index is 10.6. The minimum Gasteiger partial charge on any atom is -0.390 e. The van der Waals surface area contributed by atoms with Crippen molar-refractivity contribution >= 4 is 0 Å². The Morgan fingerprint density at radius 2 is 1.85 bits per heavy atom. The van der Waals surface area contributed by atoms with Gasteiger partial charge in [0.2, 0.25) is 0 Å². The molecular formula is C23H37NO2. The number of rotatable bonds is 3. The van der Waals surface area contributed by atoms with Crippen LogP contribution in [0.1, 0.15) is 78.6 Å². The number of fused-ring (bicyclic) bond motifs is 5. The van der Waals surface area contributed by atoms with E-state index in [4.69, 9.17) is 4.74 Å². The van der Waals surface area contributed by atoms with E-state index < -0.39 is 0 Å². The zero-order valence-electron chi connectivity index (χ0n) is 16.9. The summed E-state index contributed by atoms with van der Waals surface area (Å²) >= 11 is 0. The Balaban J connectivity index is 1.57. The summed E-state index contributed by atoms with van der Waals surface area (Å²) in [5.74, 6) is 3.21. The van der Waals surface area contributed by atoms with Crippen LogP contribution in [0.25, 0.3) is 0 Å². The van der Waals surface area contributed by atoms with Gasteiger partial charge in [-0.15, -0.1) is 0 Å². The van der Waals surface area contributed by atoms with Crippen molar-refractivity contribution in [3.8, 4) is 6.07 Å². The molecule has 0 unspecified atom stereocenters. The number of hydrogen-bond acceptors (Lipinski definition) is 3. The number of aliphatic hydroxyl groups excluding tert-OH is 1. The van der Waals surface area contributed by atoms with Crippen molar-refractivity contribution in [1.82, 2.24) is 0 Å². The van der Waals surface area contributed by atoms with Gasteiger partial charge in [0.25, 0.3) is 0 Å². The maximum atomic E-state index is 10.6. The average molecular weight is 360 g/mol. The molecule has 4 saturated carbocycles. The predicted molar refractivity (Wildman–Crippen MR) is 102 cm³/mol. The SMILES string of the molecule is CCCO[C@H]1C[C@@]2(C)[C@@H](CC[C@@H]3[C@@H]2CC[C@]2(C)[C@H](C#N)CC[C@@H]32)C[C@@H]1O. The molecule has 0 heterocycles. The Hall–Kier alpha value is -0.590. The highest BCUT2D eigenvalue weighted by atomic mass is 16.5. The van der Waals surface area contributed by atoms with Gasteiger partial charge in [0, 0.05) is 6.61 Å². The number of nitriles is 1. The molecule has 0 radical (unpaired) electrons. The van der Waals surface area contributed by atoms with Gasteiger partial charge in [-0.2, -0.15) is 5.26 Å². The Kier molecular flexibility index (Phi) is 4.89. The first kappa shape index (κ1) is 18.8. The zero-order valence-corrected chi connectivity index (χ0v) is 16.9. The van der Waals surface area contributed by atoms with Gasteiger partial charge in [-0.1, -0.05) is 20.8 Å². The second-order valence-electron chi connectivity index (χ2n) is 10.4. The van der Waals surface area contributed by atoms with E-state index in [1.54, 1.807) is 0 Å². The molecule has 146 valence electrons. The monoisotopic (exact) mass is 359 g/mol. The molecule has 9 atom stereocenters. The van der Waals surface area contributed by atoms with Crippen LogP contribution in [0.5, 0.6) is 0 Å². The Morgan fingerprint density at radius 1 is 1.08 bits per heavy atom. The van der Waals surface area contributed by atoms with E-state index in [0.29, 0.717) is 11.3 Å². The van der Waals surface area contributed by atoms with Gasteiger partial charge in [-0.3, -0.25) is 0 Å². The van der Waals surface area contributed by atoms with Crippen LogP contribution in [0.2, 0.25) is 0 Å². The highest BCUT2D eigenvalue weighted by Crippen LogP contribution is 2.67. The van der Waals surface area contributed by atoms with Gasteiger partial charge >= 0.3 is 0 Å². The van der Waals surface area contributed by atoms with Crippen molar-refractivity contribution in [2.24, 2.45) is 40.4 Å². The van der Waals surface area contributed by atoms with Crippen LogP contribution in [-0.4, -0.2) is 23.9 Å². The fraction of sp³-hybridized carbons (Fsp3) is 0.957. The summed E-state index contributed by atoms with van der Waals surface area (Å²) in [4.78, 5) is 0. The van der Waals surface area contributed by atoms with Crippen molar-refractivity contribution < 1.29 is 9.84 Å². The van der Waals surface area contributed by atoms with Crippen LogP contribution in [0.15, 0.2) is 0 Å². The summed E-state index contributed by atoms with van der Waals surface area (Å²) in [7, 11) is 0. The van der Waals surface area contributed by atoms with Crippen molar-refractivity contribution in [3.05, 3.63) is 0 Å². The average Bonchev–Trinajstić information content (AvgIpc) is 2.97. The third-order valence-corrected chi connectivity index (χ3v) is 9.35. The highest BCUT2D eigenvalue weighted by Gasteiger charge is 2.61. The molecule has 0 aromatic heterocycles. The third kappa shape index (κ3) is 2.67. The van der Waals surface area contributed by atoms with E-state index in [2.05, 4.69) is 26.8 Å². The van der Waals surface area contributed by atoms with E-state index in [1.807, 2.05) is 0 Å². The molecule has 4 fully saturated rings. The van der Waals surface area contributed by atoms with Crippen LogP contribution in [0.3, 0.4) is 0 Å². The lowest BCUT2D eigenvalue weighted by Gasteiger charge is -2.61. The maximum Gasteiger partial charge on any atom is 0.0839 e. The molecule has 0 aliphatic heterocycles. The van der Waals surface area contributed by atoms with Crippen LogP contribution in [0.4, 0.5) is 0 Å². The fourth-order valence-electron chi connectivity index (χ4n) is 7.90. The van der Waals surface area contributed by atoms with E-state index in [0.717, 1.165) is 50.0 Å². The molecule has 1 N–H and O–H groups in total. The summed E-state index contributed by atoms with van der Waals surface area (Å²) < 4.78 is 6.09. The van der Waals surface area contributed by atoms with Crippen molar-refractivity contribution in [2.75, 3.05) is 6.61 Å². The molecule has 3 nitrogen and oxygen atoms in total. The summed E-state index contributed by atoms with van der Waals surface area (Å²) in [6.07, 6.45) is 10.2. The van der Waals surface area contributed by atoms with Gasteiger partial charge in [-0.05, 0) is 92.3 Å². The molecule has 0 amide bonds. The lowest BCUT2D eigenvalue weighted by atomic mass is 9.44. The van der Waals surface area contributed by atoms with Crippen LogP contribution in [0, 0.1) is 51.8 Å². The van der Waals surface area contributed by atoms with Crippen LogP contribution in [-0.2, 0) is 4.74 Å². The molecule has 0 spiro atoms. The van der Waals surface area contributed by atoms with E-state index in [9.17, 15) is 10.4 Å². The Bertz CT molecular complexity index is 571. The number of ether oxygens (including phenoxy) is 1. The van der Waals surface area contributed by atoms with Crippen molar-refractivity contribution in [1.29, 1.82) is 5.26 Å². The predicted octanol–water partition coefficient (Wildman–Crippen LogP) is 4.93. The summed E-state index contributed by atoms with van der Waals surface area (Å²) in [5, 5.41) is 20.3. The molecule has 4 aliphatic rings. The van der Waals surface area contributed by atoms with Gasteiger partial charge in [0.05, 0.1) is 24.2 Å². The van der Waals surface area contributed by atoms with Crippen molar-refractivity contribution in [2.45, 2.75) is 90.8 Å². The summed E-state index contributed by atoms with van der Waals surface area (Å²) in [6, 6.07) is 2.65. The van der Waals surface area contributed by atoms with E-state index >= 15 is 0 Å². The second kappa shape index (κ2) is 6.78. The standard InChI is InChI=1S/C23H37NO2/c1-4-11-26-21-13-23(3)15(12-20(21)25)5-7-17-18-8-6-16(14-24)22(18,2)10-9-19(17)23/h15-21,25H,4-13H2,1-3H3/t15-,16-,17-,18-,19-,20-,21-,22+,23-/m0/s1. The van der Waals surface area contributed by atoms with Crippen molar-refractivity contribution in [3.63, 3.8) is 0 Å². The normalized spacial score (nSPS) is 53.3. The first-order valence-electron chi connectivity index (χ1n) is 11.1. The molecule has 0 aromatic carbocycles. The Morgan fingerprint density at radius 3 is 2.58 bits per heavy atom. The largest absolute Gasteiger partial charge is 0.390 e. The quantitative estimate of drug-likeness (QED) is 0.777. The highest BCUT2D eigenvalue weighted by molar-refractivity contribution is 5.13. The molecule has 3 heteroatoms. The van der Waals surface area contributed by atoms with E-state index in [-0.39, 0.29) is 23.5 Å². The number of aliphatic hydroxyl groups is 1. The molecule has 4 aliphatic carbocycles. The van der Waals surface area contributed by atoms with Gasteiger partial charge in [-0.25, -0.2) is 0 Å². The summed E-state index contributed by atoms with van der Waals surface area (Å²) in [6.45, 7) is 7.84. The lowest BCUT2D eigenvalue weighted by molar-refractivity contribution is -0.171. The summed E-state index contributed by atoms with van der Waals surface area (Å²) in [5.41, 5.74) is 0.567. The van der Waals surface area contributed by atoms with E-state index in [1.165, 1.54) is 32.1 Å². The first-order chi connectivity index (χ1) is 12.4. The molecular weight excluding hydrogens is 322 g/mol. The second-order valence-corrected chi connectivity index (χ2v) is 10.4. The number of nitrogens with zero attached hydrogens (tertiary/aromatic N) is 1. The van der Waals surface area contributed by atoms with Crippen LogP contribution >= 0.6 is 0 Å². The lowest BCUT2D eigenvalue weighted by Crippen LogP contribution is -2.57. The molecule has 26 heavy (non-hydrogen) atoms. The Labute approximate surface area is 159 Å². The first-order valence-corrected chi connectivity index (χ1v) is 11.1. The molecule has 0 saturated heterocycles. The van der Waals surface area contributed by atoms with Crippen LogP contribution < -0.4 is 0 Å². The zero-order chi connectivity index (χ0) is 18.5. The molecule has 0 bridgehead atoms. The number of hydrogen-bond donors (Lipinski definition) is 1. The van der Waals surface area contributed by atoms with Gasteiger partial charge < -0.3 is 9.84 Å². The smallest absolute Gasteiger partial charge is 0.0839 e. The molecule has 0 aromatic rings. The van der Waals surface area contributed by atoms with Gasteiger partial charge in [0.15, 0.2) is 0 Å². The minimum absolute atomic E-state index is 0.0266. The van der Waals surface area contributed by atoms with Gasteiger partial charge in [0.1, 0.15) is 0 Å². The fourth-order valence-corrected chi connectivity index (χ4v) is 7.90.